The second kappa shape index (κ2) is 3.22. The second-order valence-corrected chi connectivity index (χ2v) is 5.86. The molecule has 0 fully saturated rings. The minimum absolute atomic E-state index is 0.930. The lowest BCUT2D eigenvalue weighted by Crippen LogP contribution is -2.31. The summed E-state index contributed by atoms with van der Waals surface area (Å²) in [5.41, 5.74) is 5.01. The topological polar surface area (TPSA) is 21.2 Å². The summed E-state index contributed by atoms with van der Waals surface area (Å²) >= 11 is 1.83. The maximum Gasteiger partial charge on any atom is 0.305 e. The van der Waals surface area contributed by atoms with Crippen LogP contribution in [0.15, 0.2) is 48.8 Å². The molecule has 0 spiro atoms. The fourth-order valence-corrected chi connectivity index (χ4v) is 4.16. The van der Waals surface area contributed by atoms with E-state index in [1.807, 2.05) is 23.6 Å². The predicted octanol–water partition coefficient (Wildman–Crippen LogP) is 2.87. The molecule has 0 aliphatic carbocycles. The molecule has 0 N–H and O–H groups in total. The van der Waals surface area contributed by atoms with E-state index in [1.165, 1.54) is 26.4 Å². The first-order valence-electron chi connectivity index (χ1n) is 6.28. The third kappa shape index (κ3) is 1.12. The van der Waals surface area contributed by atoms with Crippen LogP contribution in [-0.2, 0) is 6.54 Å². The number of hydrogen-bond acceptors (Lipinski definition) is 2. The summed E-state index contributed by atoms with van der Waals surface area (Å²) < 4.78 is 5.98. The van der Waals surface area contributed by atoms with E-state index in [2.05, 4.69) is 50.5 Å². The van der Waals surface area contributed by atoms with E-state index in [0.717, 1.165) is 12.2 Å². The summed E-state index contributed by atoms with van der Waals surface area (Å²) in [6.07, 6.45) is 4.01. The first kappa shape index (κ1) is 9.69. The highest BCUT2D eigenvalue weighted by Gasteiger charge is 2.31. The number of thiazole rings is 1. The van der Waals surface area contributed by atoms with Crippen LogP contribution in [0.25, 0.3) is 26.6 Å². The normalized spacial score (nSPS) is 13.1. The van der Waals surface area contributed by atoms with Crippen molar-refractivity contribution in [2.75, 3.05) is 0 Å². The van der Waals surface area contributed by atoms with Crippen LogP contribution in [0.4, 0.5) is 0 Å². The van der Waals surface area contributed by atoms with Crippen LogP contribution in [0.2, 0.25) is 0 Å². The van der Waals surface area contributed by atoms with E-state index < -0.39 is 0 Å². The van der Waals surface area contributed by atoms with Crippen molar-refractivity contribution in [3.63, 3.8) is 0 Å². The quantitative estimate of drug-likeness (QED) is 0.394. The van der Waals surface area contributed by atoms with Gasteiger partial charge < -0.3 is 0 Å². The lowest BCUT2D eigenvalue weighted by Gasteiger charge is -1.91. The monoisotopic (exact) mass is 264 g/mol. The SMILES string of the molecule is c1cnc2c(c1)C[n+]1c-2sc2cc3ccccn3c21. The van der Waals surface area contributed by atoms with Gasteiger partial charge in [-0.2, -0.15) is 4.40 Å². The summed E-state index contributed by atoms with van der Waals surface area (Å²) in [5.74, 6) is 0. The van der Waals surface area contributed by atoms with Crippen molar-refractivity contribution < 1.29 is 4.57 Å². The zero-order valence-corrected chi connectivity index (χ0v) is 10.9. The standard InChI is InChI=1S/C15H10N3S/c1-2-7-17-11(5-1)8-12-14(17)18-9-10-4-3-6-16-13(10)15(18)19-12/h1-8H,9H2/q+1. The third-order valence-electron chi connectivity index (χ3n) is 3.75. The Bertz CT molecular complexity index is 949. The first-order chi connectivity index (χ1) is 9.42. The Labute approximate surface area is 113 Å². The Morgan fingerprint density at radius 2 is 2.21 bits per heavy atom. The molecule has 0 amide bonds. The van der Waals surface area contributed by atoms with Crippen LogP contribution >= 0.6 is 11.3 Å². The van der Waals surface area contributed by atoms with Crippen molar-refractivity contribution in [1.29, 1.82) is 0 Å². The number of nitrogens with zero attached hydrogens (tertiary/aromatic N) is 3. The van der Waals surface area contributed by atoms with Gasteiger partial charge in [0.2, 0.25) is 5.01 Å². The average Bonchev–Trinajstić information content (AvgIpc) is 3.05. The van der Waals surface area contributed by atoms with Gasteiger partial charge in [-0.25, -0.2) is 4.57 Å². The number of rotatable bonds is 0. The van der Waals surface area contributed by atoms with E-state index in [0.29, 0.717) is 0 Å². The lowest BCUT2D eigenvalue weighted by molar-refractivity contribution is -0.644. The summed E-state index contributed by atoms with van der Waals surface area (Å²) in [6.45, 7) is 0.930. The molecule has 0 radical (unpaired) electrons. The predicted molar refractivity (Wildman–Crippen MR) is 75.3 cm³/mol. The van der Waals surface area contributed by atoms with Crippen molar-refractivity contribution in [3.05, 3.63) is 54.4 Å². The van der Waals surface area contributed by atoms with E-state index in [1.54, 1.807) is 0 Å². The molecule has 0 unspecified atom stereocenters. The molecule has 0 atom stereocenters. The maximum atomic E-state index is 4.54. The molecule has 4 heteroatoms. The molecule has 3 nitrogen and oxygen atoms in total. The zero-order chi connectivity index (χ0) is 12.4. The number of aromatic nitrogens is 3. The number of fused-ring (bicyclic) bond motifs is 7. The highest BCUT2D eigenvalue weighted by atomic mass is 32.1. The van der Waals surface area contributed by atoms with Crippen LogP contribution in [0, 0.1) is 0 Å². The molecule has 0 aromatic carbocycles. The summed E-state index contributed by atoms with van der Waals surface area (Å²) in [5, 5.41) is 1.28. The highest BCUT2D eigenvalue weighted by molar-refractivity contribution is 7.21. The number of hydrogen-bond donors (Lipinski definition) is 0. The second-order valence-electron chi connectivity index (χ2n) is 4.83. The smallest absolute Gasteiger partial charge is 0.251 e. The van der Waals surface area contributed by atoms with Crippen LogP contribution in [-0.4, -0.2) is 9.38 Å². The molecule has 5 rings (SSSR count). The van der Waals surface area contributed by atoms with Gasteiger partial charge in [-0.15, -0.1) is 0 Å². The van der Waals surface area contributed by atoms with Gasteiger partial charge in [0.25, 0.3) is 0 Å². The molecule has 19 heavy (non-hydrogen) atoms. The molecule has 1 aliphatic heterocycles. The fraction of sp³-hybridized carbons (Fsp3) is 0.0667. The zero-order valence-electron chi connectivity index (χ0n) is 10.1. The highest BCUT2D eigenvalue weighted by Crippen LogP contribution is 2.35. The van der Waals surface area contributed by atoms with Gasteiger partial charge in [0.15, 0.2) is 0 Å². The molecular weight excluding hydrogens is 254 g/mol. The van der Waals surface area contributed by atoms with Crippen molar-refractivity contribution in [3.8, 4) is 10.7 Å². The van der Waals surface area contributed by atoms with Crippen molar-refractivity contribution in [1.82, 2.24) is 9.38 Å². The molecule has 4 aromatic heterocycles. The Kier molecular flexibility index (Phi) is 1.64. The van der Waals surface area contributed by atoms with Gasteiger partial charge in [0, 0.05) is 17.8 Å². The van der Waals surface area contributed by atoms with Gasteiger partial charge in [-0.3, -0.25) is 4.98 Å². The van der Waals surface area contributed by atoms with E-state index in [9.17, 15) is 0 Å². The Morgan fingerprint density at radius 1 is 1.21 bits per heavy atom. The van der Waals surface area contributed by atoms with Gasteiger partial charge >= 0.3 is 5.65 Å². The van der Waals surface area contributed by atoms with Crippen molar-refractivity contribution in [2.45, 2.75) is 6.54 Å². The first-order valence-corrected chi connectivity index (χ1v) is 7.10. The molecule has 0 bridgehead atoms. The van der Waals surface area contributed by atoms with Crippen LogP contribution in [0.1, 0.15) is 5.56 Å². The molecule has 90 valence electrons. The van der Waals surface area contributed by atoms with Crippen LogP contribution in [0.5, 0.6) is 0 Å². The van der Waals surface area contributed by atoms with Crippen LogP contribution in [0.3, 0.4) is 0 Å². The van der Waals surface area contributed by atoms with Gasteiger partial charge in [-0.1, -0.05) is 23.5 Å². The van der Waals surface area contributed by atoms with Crippen molar-refractivity contribution >= 4 is 27.2 Å². The van der Waals surface area contributed by atoms with E-state index >= 15 is 0 Å². The van der Waals surface area contributed by atoms with E-state index in [-0.39, 0.29) is 0 Å². The Balaban J connectivity index is 1.94. The molecule has 1 aliphatic rings. The number of pyridine rings is 2. The van der Waals surface area contributed by atoms with Gasteiger partial charge in [0.05, 0.1) is 6.20 Å². The molecule has 0 saturated carbocycles. The largest absolute Gasteiger partial charge is 0.305 e. The summed E-state index contributed by atoms with van der Waals surface area (Å²) in [6, 6.07) is 12.8. The minimum Gasteiger partial charge on any atom is -0.251 e. The Morgan fingerprint density at radius 3 is 3.21 bits per heavy atom. The minimum atomic E-state index is 0.930. The summed E-state index contributed by atoms with van der Waals surface area (Å²) in [7, 11) is 0. The molecular formula is C15H10N3S+. The van der Waals surface area contributed by atoms with Crippen LogP contribution < -0.4 is 4.57 Å². The van der Waals surface area contributed by atoms with Gasteiger partial charge in [0.1, 0.15) is 22.5 Å². The molecule has 0 saturated heterocycles. The molecule has 4 aromatic rings. The average molecular weight is 264 g/mol. The maximum absolute atomic E-state index is 4.54. The van der Waals surface area contributed by atoms with Crippen molar-refractivity contribution in [2.24, 2.45) is 0 Å². The lowest BCUT2D eigenvalue weighted by atomic mass is 10.2. The third-order valence-corrected chi connectivity index (χ3v) is 4.88. The molecule has 5 heterocycles. The summed E-state index contributed by atoms with van der Waals surface area (Å²) in [4.78, 5) is 4.54. The van der Waals surface area contributed by atoms with E-state index in [4.69, 9.17) is 0 Å². The fourth-order valence-electron chi connectivity index (χ4n) is 2.93. The Hall–Kier alpha value is -2.20. The van der Waals surface area contributed by atoms with Gasteiger partial charge in [-0.05, 0) is 18.2 Å².